The SMILES string of the molecule is CCOC(=O)COc1c(Cl)cc(C=N/N=C2/NC(=O)/C(=C\C(=O)OC)S2)cc1OC. The van der Waals surface area contributed by atoms with E-state index in [0.29, 0.717) is 5.56 Å². The van der Waals surface area contributed by atoms with Gasteiger partial charge >= 0.3 is 11.9 Å². The molecule has 30 heavy (non-hydrogen) atoms. The molecule has 1 N–H and O–H groups in total. The van der Waals surface area contributed by atoms with Crippen molar-refractivity contribution < 1.29 is 33.3 Å². The molecule has 0 aromatic heterocycles. The third kappa shape index (κ3) is 6.49. The van der Waals surface area contributed by atoms with E-state index in [1.165, 1.54) is 26.5 Å². The Hall–Kier alpha value is -3.05. The van der Waals surface area contributed by atoms with Gasteiger partial charge in [0.15, 0.2) is 23.3 Å². The van der Waals surface area contributed by atoms with E-state index in [1.54, 1.807) is 13.0 Å². The molecule has 0 radical (unpaired) electrons. The highest BCUT2D eigenvalue weighted by Gasteiger charge is 2.25. The van der Waals surface area contributed by atoms with E-state index in [2.05, 4.69) is 20.3 Å². The fraction of sp³-hybridized carbons (Fsp3) is 0.278. The number of carbonyl (C=O) groups excluding carboxylic acids is 3. The number of hydrogen-bond acceptors (Lipinski definition) is 10. The molecule has 1 aromatic carbocycles. The smallest absolute Gasteiger partial charge is 0.344 e. The van der Waals surface area contributed by atoms with Crippen molar-refractivity contribution in [2.24, 2.45) is 10.2 Å². The first-order valence-electron chi connectivity index (χ1n) is 8.43. The molecule has 12 heteroatoms. The molecule has 160 valence electrons. The number of amides is 1. The topological polar surface area (TPSA) is 125 Å². The van der Waals surface area contributed by atoms with Crippen molar-refractivity contribution in [1.29, 1.82) is 0 Å². The predicted molar refractivity (Wildman–Crippen MR) is 111 cm³/mol. The number of nitrogens with one attached hydrogen (secondary N) is 1. The molecule has 1 heterocycles. The first-order valence-corrected chi connectivity index (χ1v) is 9.63. The number of benzene rings is 1. The Morgan fingerprint density at radius 3 is 2.73 bits per heavy atom. The van der Waals surface area contributed by atoms with Crippen molar-refractivity contribution in [2.45, 2.75) is 6.92 Å². The number of rotatable bonds is 8. The summed E-state index contributed by atoms with van der Waals surface area (Å²) >= 11 is 7.16. The van der Waals surface area contributed by atoms with Gasteiger partial charge in [0.05, 0.1) is 37.0 Å². The summed E-state index contributed by atoms with van der Waals surface area (Å²) in [6, 6.07) is 3.12. The van der Waals surface area contributed by atoms with Crippen molar-refractivity contribution in [3.05, 3.63) is 33.7 Å². The molecule has 1 saturated heterocycles. The molecular formula is C18H18ClN3O7S. The van der Waals surface area contributed by atoms with Crippen LogP contribution in [-0.2, 0) is 23.9 Å². The fourth-order valence-corrected chi connectivity index (χ4v) is 3.09. The number of carbonyl (C=O) groups is 3. The first-order chi connectivity index (χ1) is 14.4. The summed E-state index contributed by atoms with van der Waals surface area (Å²) < 4.78 is 19.9. The normalized spacial score (nSPS) is 16.1. The number of hydrogen-bond donors (Lipinski definition) is 1. The number of methoxy groups -OCH3 is 2. The Morgan fingerprint density at radius 1 is 1.30 bits per heavy atom. The molecular weight excluding hydrogens is 438 g/mol. The molecule has 1 aliphatic rings. The van der Waals surface area contributed by atoms with E-state index >= 15 is 0 Å². The van der Waals surface area contributed by atoms with Gasteiger partial charge in [-0.2, -0.15) is 5.10 Å². The van der Waals surface area contributed by atoms with Crippen molar-refractivity contribution >= 4 is 52.6 Å². The number of thioether (sulfide) groups is 1. The van der Waals surface area contributed by atoms with E-state index in [-0.39, 0.29) is 39.8 Å². The summed E-state index contributed by atoms with van der Waals surface area (Å²) in [5.74, 6) is -1.19. The van der Waals surface area contributed by atoms with Crippen LogP contribution in [0.5, 0.6) is 11.5 Å². The zero-order valence-electron chi connectivity index (χ0n) is 16.3. The molecule has 0 atom stereocenters. The summed E-state index contributed by atoms with van der Waals surface area (Å²) in [5, 5.41) is 10.6. The molecule has 1 aliphatic heterocycles. The van der Waals surface area contributed by atoms with Crippen LogP contribution >= 0.6 is 23.4 Å². The Balaban J connectivity index is 2.10. The van der Waals surface area contributed by atoms with Crippen LogP contribution < -0.4 is 14.8 Å². The Kier molecular flexibility index (Phi) is 8.69. The van der Waals surface area contributed by atoms with Crippen LogP contribution in [0, 0.1) is 0 Å². The molecule has 1 amide bonds. The van der Waals surface area contributed by atoms with E-state index in [4.69, 9.17) is 25.8 Å². The second kappa shape index (κ2) is 11.2. The maximum absolute atomic E-state index is 11.8. The van der Waals surface area contributed by atoms with Gasteiger partial charge in [-0.3, -0.25) is 10.1 Å². The Labute approximate surface area is 181 Å². The minimum Gasteiger partial charge on any atom is -0.493 e. The average Bonchev–Trinajstić information content (AvgIpc) is 3.05. The number of ether oxygens (including phenoxy) is 4. The highest BCUT2D eigenvalue weighted by atomic mass is 35.5. The van der Waals surface area contributed by atoms with E-state index in [0.717, 1.165) is 17.8 Å². The molecule has 10 nitrogen and oxygen atoms in total. The molecule has 1 fully saturated rings. The largest absolute Gasteiger partial charge is 0.493 e. The van der Waals surface area contributed by atoms with Gasteiger partial charge in [-0.25, -0.2) is 9.59 Å². The van der Waals surface area contributed by atoms with Crippen LogP contribution in [0.25, 0.3) is 0 Å². The van der Waals surface area contributed by atoms with E-state index in [9.17, 15) is 14.4 Å². The molecule has 1 aromatic rings. The number of halogens is 1. The van der Waals surface area contributed by atoms with Crippen LogP contribution in [0.15, 0.2) is 33.3 Å². The monoisotopic (exact) mass is 455 g/mol. The lowest BCUT2D eigenvalue weighted by atomic mass is 10.2. The molecule has 2 rings (SSSR count). The molecule has 0 bridgehead atoms. The third-order valence-corrected chi connectivity index (χ3v) is 4.53. The van der Waals surface area contributed by atoms with Gasteiger partial charge in [-0.15, -0.1) is 5.10 Å². The van der Waals surface area contributed by atoms with Gasteiger partial charge < -0.3 is 18.9 Å². The van der Waals surface area contributed by atoms with Gasteiger partial charge in [0.1, 0.15) is 0 Å². The lowest BCUT2D eigenvalue weighted by molar-refractivity contribution is -0.145. The molecule has 0 spiro atoms. The first kappa shape index (κ1) is 23.2. The summed E-state index contributed by atoms with van der Waals surface area (Å²) in [6.45, 7) is 1.61. The number of amidine groups is 1. The highest BCUT2D eigenvalue weighted by molar-refractivity contribution is 8.18. The van der Waals surface area contributed by atoms with Crippen molar-refractivity contribution in [3.63, 3.8) is 0 Å². The number of esters is 2. The standard InChI is InChI=1S/C18H18ClN3O7S/c1-4-28-15(24)9-29-16-11(19)5-10(6-12(16)26-2)8-20-22-18-21-17(25)13(30-18)7-14(23)27-3/h5-8H,4,9H2,1-3H3,(H,21,22,25)/b13-7+,20-8?. The van der Waals surface area contributed by atoms with E-state index < -0.39 is 17.8 Å². The lowest BCUT2D eigenvalue weighted by Crippen LogP contribution is -2.19. The van der Waals surface area contributed by atoms with Crippen LogP contribution in [-0.4, -0.2) is 56.7 Å². The van der Waals surface area contributed by atoms with Crippen LogP contribution in [0.3, 0.4) is 0 Å². The zero-order valence-corrected chi connectivity index (χ0v) is 17.8. The maximum Gasteiger partial charge on any atom is 0.344 e. The number of nitrogens with zero attached hydrogens (tertiary/aromatic N) is 2. The summed E-state index contributed by atoms with van der Waals surface area (Å²) in [6.07, 6.45) is 2.44. The quantitative estimate of drug-likeness (QED) is 0.273. The zero-order chi connectivity index (χ0) is 22.1. The van der Waals surface area contributed by atoms with Crippen LogP contribution in [0.4, 0.5) is 0 Å². The van der Waals surface area contributed by atoms with Gasteiger partial charge in [-0.1, -0.05) is 11.6 Å². The second-order valence-electron chi connectivity index (χ2n) is 5.37. The fourth-order valence-electron chi connectivity index (χ4n) is 2.08. The van der Waals surface area contributed by atoms with Crippen molar-refractivity contribution in [1.82, 2.24) is 5.32 Å². The third-order valence-electron chi connectivity index (χ3n) is 3.35. The maximum atomic E-state index is 11.8. The van der Waals surface area contributed by atoms with Gasteiger partial charge in [-0.05, 0) is 30.8 Å². The summed E-state index contributed by atoms with van der Waals surface area (Å²) in [7, 11) is 2.63. The highest BCUT2D eigenvalue weighted by Crippen LogP contribution is 2.36. The van der Waals surface area contributed by atoms with Crippen molar-refractivity contribution in [2.75, 3.05) is 27.4 Å². The minimum atomic E-state index is -0.649. The minimum absolute atomic E-state index is 0.142. The Bertz CT molecular complexity index is 931. The molecule has 0 unspecified atom stereocenters. The van der Waals surface area contributed by atoms with Gasteiger partial charge in [0.2, 0.25) is 0 Å². The molecule has 0 saturated carbocycles. The summed E-state index contributed by atoms with van der Waals surface area (Å²) in [5.41, 5.74) is 0.532. The second-order valence-corrected chi connectivity index (χ2v) is 6.80. The van der Waals surface area contributed by atoms with Crippen molar-refractivity contribution in [3.8, 4) is 11.5 Å². The summed E-state index contributed by atoms with van der Waals surface area (Å²) in [4.78, 5) is 34.6. The average molecular weight is 456 g/mol. The van der Waals surface area contributed by atoms with Gasteiger partial charge in [0, 0.05) is 11.6 Å². The lowest BCUT2D eigenvalue weighted by Gasteiger charge is -2.12. The predicted octanol–water partition coefficient (Wildman–Crippen LogP) is 1.90. The molecule has 0 aliphatic carbocycles. The Morgan fingerprint density at radius 2 is 2.07 bits per heavy atom. The van der Waals surface area contributed by atoms with E-state index in [1.807, 2.05) is 0 Å². The van der Waals surface area contributed by atoms with Crippen LogP contribution in [0.2, 0.25) is 5.02 Å². The van der Waals surface area contributed by atoms with Crippen LogP contribution in [0.1, 0.15) is 12.5 Å². The van der Waals surface area contributed by atoms with Gasteiger partial charge in [0.25, 0.3) is 5.91 Å².